The van der Waals surface area contributed by atoms with Crippen LogP contribution < -0.4 is 0 Å². The molecule has 3 heterocycles. The highest BCUT2D eigenvalue weighted by Gasteiger charge is 2.25. The molecular weight excluding hydrogens is 412 g/mol. The van der Waals surface area contributed by atoms with E-state index in [1.807, 2.05) is 60.7 Å². The Morgan fingerprint density at radius 1 is 1.12 bits per heavy atom. The molecule has 0 saturated carbocycles. The minimum atomic E-state index is 0.0709. The molecular formula is C27H28N4O2. The molecule has 0 aliphatic carbocycles. The minimum absolute atomic E-state index is 0.0709. The monoisotopic (exact) mass is 440 g/mol. The number of carbonyl (C=O) groups is 1. The van der Waals surface area contributed by atoms with Gasteiger partial charge in [-0.15, -0.1) is 0 Å². The lowest BCUT2D eigenvalue weighted by atomic mass is 9.97. The molecule has 4 aromatic rings. The number of aryl methyl sites for hydroxylation is 1. The summed E-state index contributed by atoms with van der Waals surface area (Å²) >= 11 is 0. The molecule has 2 aromatic carbocycles. The zero-order valence-corrected chi connectivity index (χ0v) is 18.9. The Morgan fingerprint density at radius 2 is 2.03 bits per heavy atom. The zero-order valence-electron chi connectivity index (χ0n) is 18.9. The van der Waals surface area contributed by atoms with E-state index < -0.39 is 0 Å². The first-order valence-corrected chi connectivity index (χ1v) is 11.4. The van der Waals surface area contributed by atoms with Gasteiger partial charge in [0, 0.05) is 61.3 Å². The van der Waals surface area contributed by atoms with Crippen LogP contribution in [0.5, 0.6) is 0 Å². The number of nitrogens with zero attached hydrogens (tertiary/aromatic N) is 4. The molecule has 33 heavy (non-hydrogen) atoms. The summed E-state index contributed by atoms with van der Waals surface area (Å²) in [5, 5.41) is 2.33. The van der Waals surface area contributed by atoms with Crippen LogP contribution in [0.25, 0.3) is 10.8 Å². The molecule has 6 heteroatoms. The summed E-state index contributed by atoms with van der Waals surface area (Å²) in [5.41, 5.74) is 3.00. The van der Waals surface area contributed by atoms with Crippen LogP contribution in [0.2, 0.25) is 0 Å². The molecule has 0 unspecified atom stereocenters. The Labute approximate surface area is 193 Å². The number of hydrogen-bond acceptors (Lipinski definition) is 4. The second-order valence-corrected chi connectivity index (χ2v) is 8.71. The number of ether oxygens (including phenoxy) is 1. The van der Waals surface area contributed by atoms with Gasteiger partial charge < -0.3 is 14.2 Å². The Balaban J connectivity index is 1.33. The van der Waals surface area contributed by atoms with Gasteiger partial charge >= 0.3 is 0 Å². The summed E-state index contributed by atoms with van der Waals surface area (Å²) in [7, 11) is 0. The molecule has 6 nitrogen and oxygen atoms in total. The van der Waals surface area contributed by atoms with E-state index in [-0.39, 0.29) is 11.8 Å². The Bertz CT molecular complexity index is 1270. The first-order valence-electron chi connectivity index (χ1n) is 11.4. The van der Waals surface area contributed by atoms with Crippen molar-refractivity contribution in [3.63, 3.8) is 0 Å². The summed E-state index contributed by atoms with van der Waals surface area (Å²) in [4.78, 5) is 24.1. The summed E-state index contributed by atoms with van der Waals surface area (Å²) in [6.07, 6.45) is 8.32. The van der Waals surface area contributed by atoms with Gasteiger partial charge in [-0.1, -0.05) is 30.3 Å². The van der Waals surface area contributed by atoms with Crippen molar-refractivity contribution in [3.8, 4) is 0 Å². The van der Waals surface area contributed by atoms with Gasteiger partial charge in [0.15, 0.2) is 0 Å². The van der Waals surface area contributed by atoms with Crippen molar-refractivity contribution in [1.29, 1.82) is 0 Å². The van der Waals surface area contributed by atoms with Crippen molar-refractivity contribution >= 4 is 16.7 Å². The molecule has 1 saturated heterocycles. The van der Waals surface area contributed by atoms with E-state index >= 15 is 0 Å². The van der Waals surface area contributed by atoms with Crippen molar-refractivity contribution < 1.29 is 9.53 Å². The first-order chi connectivity index (χ1) is 16.2. The van der Waals surface area contributed by atoms with Gasteiger partial charge in [0.2, 0.25) is 0 Å². The zero-order chi connectivity index (χ0) is 22.6. The molecule has 1 fully saturated rings. The van der Waals surface area contributed by atoms with E-state index in [9.17, 15) is 4.79 Å². The van der Waals surface area contributed by atoms with Gasteiger partial charge in [0.25, 0.3) is 5.91 Å². The maximum absolute atomic E-state index is 13.6. The topological polar surface area (TPSA) is 60.2 Å². The molecule has 1 atom stereocenters. The van der Waals surface area contributed by atoms with Crippen LogP contribution >= 0.6 is 0 Å². The molecule has 5 rings (SSSR count). The number of aromatic nitrogens is 3. The van der Waals surface area contributed by atoms with Crippen molar-refractivity contribution in [2.24, 2.45) is 5.92 Å². The SMILES string of the molecule is Cc1nccn1Cc1ccccc1C(=O)N1CCOC[C@H](Cc2ccc3ccncc3c2)C1. The maximum Gasteiger partial charge on any atom is 0.254 e. The first kappa shape index (κ1) is 21.3. The molecule has 1 aliphatic heterocycles. The van der Waals surface area contributed by atoms with Gasteiger partial charge in [0.1, 0.15) is 5.82 Å². The van der Waals surface area contributed by atoms with Crippen LogP contribution in [0, 0.1) is 12.8 Å². The van der Waals surface area contributed by atoms with Crippen LogP contribution in [0.15, 0.2) is 73.3 Å². The summed E-state index contributed by atoms with van der Waals surface area (Å²) in [6.45, 7) is 5.12. The molecule has 0 spiro atoms. The standard InChI is InChI=1S/C27H28N4O2/c1-20-29-10-11-30(20)18-24-4-2-3-5-26(24)27(32)31-12-13-33-19-22(17-31)14-21-6-7-23-8-9-28-16-25(23)15-21/h2-11,15-16,22H,12-14,17-19H2,1H3/t22-/m1/s1. The number of carbonyl (C=O) groups excluding carboxylic acids is 1. The number of imidazole rings is 1. The maximum atomic E-state index is 13.6. The number of amides is 1. The predicted octanol–water partition coefficient (Wildman–Crippen LogP) is 4.12. The average molecular weight is 441 g/mol. The fourth-order valence-electron chi connectivity index (χ4n) is 4.57. The molecule has 1 amide bonds. The quantitative estimate of drug-likeness (QED) is 0.468. The van der Waals surface area contributed by atoms with Gasteiger partial charge in [-0.2, -0.15) is 0 Å². The van der Waals surface area contributed by atoms with E-state index in [2.05, 4.69) is 32.7 Å². The predicted molar refractivity (Wildman–Crippen MR) is 128 cm³/mol. The van der Waals surface area contributed by atoms with Crippen LogP contribution in [0.3, 0.4) is 0 Å². The van der Waals surface area contributed by atoms with Gasteiger partial charge in [0.05, 0.1) is 13.2 Å². The van der Waals surface area contributed by atoms with Gasteiger partial charge in [-0.05, 0) is 48.1 Å². The molecule has 1 aliphatic rings. The van der Waals surface area contributed by atoms with Crippen molar-refractivity contribution in [1.82, 2.24) is 19.4 Å². The lowest BCUT2D eigenvalue weighted by Gasteiger charge is -2.25. The lowest BCUT2D eigenvalue weighted by molar-refractivity contribution is 0.0736. The Hall–Kier alpha value is -3.51. The molecule has 0 bridgehead atoms. The lowest BCUT2D eigenvalue weighted by Crippen LogP contribution is -2.37. The largest absolute Gasteiger partial charge is 0.379 e. The molecule has 168 valence electrons. The Kier molecular flexibility index (Phi) is 6.17. The summed E-state index contributed by atoms with van der Waals surface area (Å²) in [5.74, 6) is 1.25. The van der Waals surface area contributed by atoms with Crippen molar-refractivity contribution in [2.75, 3.05) is 26.3 Å². The highest BCUT2D eigenvalue weighted by atomic mass is 16.5. The highest BCUT2D eigenvalue weighted by Crippen LogP contribution is 2.21. The second kappa shape index (κ2) is 9.55. The number of benzene rings is 2. The number of rotatable bonds is 5. The van der Waals surface area contributed by atoms with E-state index in [0.29, 0.717) is 32.8 Å². The van der Waals surface area contributed by atoms with Crippen molar-refractivity contribution in [2.45, 2.75) is 19.9 Å². The third-order valence-corrected chi connectivity index (χ3v) is 6.37. The number of fused-ring (bicyclic) bond motifs is 1. The van der Waals surface area contributed by atoms with E-state index in [4.69, 9.17) is 4.74 Å². The van der Waals surface area contributed by atoms with Gasteiger partial charge in [-0.3, -0.25) is 9.78 Å². The summed E-state index contributed by atoms with van der Waals surface area (Å²) < 4.78 is 7.96. The number of hydrogen-bond donors (Lipinski definition) is 0. The van der Waals surface area contributed by atoms with Crippen molar-refractivity contribution in [3.05, 3.63) is 95.8 Å². The van der Waals surface area contributed by atoms with E-state index in [1.54, 1.807) is 6.20 Å². The van der Waals surface area contributed by atoms with Crippen LogP contribution in [-0.2, 0) is 17.7 Å². The van der Waals surface area contributed by atoms with Crippen LogP contribution in [0.4, 0.5) is 0 Å². The highest BCUT2D eigenvalue weighted by molar-refractivity contribution is 5.95. The Morgan fingerprint density at radius 3 is 2.91 bits per heavy atom. The molecule has 0 N–H and O–H groups in total. The van der Waals surface area contributed by atoms with Crippen LogP contribution in [0.1, 0.15) is 27.3 Å². The minimum Gasteiger partial charge on any atom is -0.379 e. The third kappa shape index (κ3) is 4.81. The smallest absolute Gasteiger partial charge is 0.254 e. The fraction of sp³-hybridized carbons (Fsp3) is 0.296. The van der Waals surface area contributed by atoms with Crippen LogP contribution in [-0.4, -0.2) is 51.6 Å². The second-order valence-electron chi connectivity index (χ2n) is 8.71. The van der Waals surface area contributed by atoms with E-state index in [1.165, 1.54) is 10.9 Å². The summed E-state index contributed by atoms with van der Waals surface area (Å²) in [6, 6.07) is 16.4. The third-order valence-electron chi connectivity index (χ3n) is 6.37. The normalized spacial score (nSPS) is 16.6. The molecule has 0 radical (unpaired) electrons. The van der Waals surface area contributed by atoms with Gasteiger partial charge in [-0.25, -0.2) is 4.98 Å². The molecule has 2 aromatic heterocycles. The van der Waals surface area contributed by atoms with E-state index in [0.717, 1.165) is 28.8 Å². The average Bonchev–Trinajstić information content (AvgIpc) is 3.10. The number of pyridine rings is 1. The fourth-order valence-corrected chi connectivity index (χ4v) is 4.57.